The molecule has 8 nitrogen and oxygen atoms in total. The number of hydrogen-bond donors (Lipinski definition) is 0. The molecule has 0 unspecified atom stereocenters. The second-order valence-electron chi connectivity index (χ2n) is 8.91. The standard InChI is InChI=1S/C26H26N4O4/c1-31-21-7-5-4-6-18(21)19-12-30-20(17-8-9-22(32-2)23(10-17)33-3)11-27-24(30)25(28-19)29-13-26(14-29)15-34-16-26/h4-12H,13-16H2,1-3H3. The number of para-hydroxylation sites is 1. The van der Waals surface area contributed by atoms with Gasteiger partial charge in [0.05, 0.1) is 57.5 Å². The van der Waals surface area contributed by atoms with Crippen LogP contribution in [0.25, 0.3) is 28.2 Å². The van der Waals surface area contributed by atoms with E-state index >= 15 is 0 Å². The fraction of sp³-hybridized carbons (Fsp3) is 0.308. The average molecular weight is 459 g/mol. The number of hydrogen-bond acceptors (Lipinski definition) is 7. The molecule has 0 amide bonds. The van der Waals surface area contributed by atoms with Gasteiger partial charge in [-0.05, 0) is 30.3 Å². The van der Waals surface area contributed by atoms with Gasteiger partial charge in [0.2, 0.25) is 0 Å². The minimum atomic E-state index is 0.262. The van der Waals surface area contributed by atoms with Crippen LogP contribution in [0.3, 0.4) is 0 Å². The van der Waals surface area contributed by atoms with Gasteiger partial charge in [0, 0.05) is 30.4 Å². The second kappa shape index (κ2) is 7.92. The number of nitrogens with zero attached hydrogens (tertiary/aromatic N) is 4. The Hall–Kier alpha value is -3.78. The third-order valence-corrected chi connectivity index (χ3v) is 6.71. The molecule has 8 heteroatoms. The van der Waals surface area contributed by atoms with Crippen LogP contribution in [0, 0.1) is 5.41 Å². The average Bonchev–Trinajstić information content (AvgIpc) is 3.25. The van der Waals surface area contributed by atoms with E-state index in [4.69, 9.17) is 28.9 Å². The molecule has 2 saturated heterocycles. The number of ether oxygens (including phenoxy) is 4. The van der Waals surface area contributed by atoms with Crippen LogP contribution in [0.1, 0.15) is 0 Å². The van der Waals surface area contributed by atoms with Gasteiger partial charge in [-0.25, -0.2) is 9.97 Å². The zero-order valence-electron chi connectivity index (χ0n) is 19.4. The molecule has 0 N–H and O–H groups in total. The van der Waals surface area contributed by atoms with Crippen molar-refractivity contribution in [3.63, 3.8) is 0 Å². The van der Waals surface area contributed by atoms with E-state index in [0.717, 1.165) is 66.0 Å². The number of aromatic nitrogens is 3. The molecule has 0 atom stereocenters. The van der Waals surface area contributed by atoms with Crippen molar-refractivity contribution in [2.45, 2.75) is 0 Å². The van der Waals surface area contributed by atoms with Crippen LogP contribution < -0.4 is 19.1 Å². The van der Waals surface area contributed by atoms with Gasteiger partial charge in [-0.2, -0.15) is 0 Å². The highest BCUT2D eigenvalue weighted by Gasteiger charge is 2.50. The summed E-state index contributed by atoms with van der Waals surface area (Å²) in [5, 5.41) is 0. The van der Waals surface area contributed by atoms with Gasteiger partial charge < -0.3 is 23.8 Å². The van der Waals surface area contributed by atoms with E-state index in [1.54, 1.807) is 21.3 Å². The predicted molar refractivity (Wildman–Crippen MR) is 129 cm³/mol. The van der Waals surface area contributed by atoms with Crippen molar-refractivity contribution in [2.24, 2.45) is 5.41 Å². The lowest BCUT2D eigenvalue weighted by Gasteiger charge is -2.55. The first-order chi connectivity index (χ1) is 16.6. The lowest BCUT2D eigenvalue weighted by molar-refractivity contribution is -0.127. The molecule has 0 bridgehead atoms. The van der Waals surface area contributed by atoms with Crippen molar-refractivity contribution in [2.75, 3.05) is 52.5 Å². The summed E-state index contributed by atoms with van der Waals surface area (Å²) in [6.45, 7) is 3.47. The summed E-state index contributed by atoms with van der Waals surface area (Å²) < 4.78 is 24.2. The van der Waals surface area contributed by atoms with E-state index in [1.165, 1.54) is 0 Å². The Morgan fingerprint density at radius 1 is 0.912 bits per heavy atom. The normalized spacial score (nSPS) is 16.3. The molecule has 4 heterocycles. The molecule has 6 rings (SSSR count). The summed E-state index contributed by atoms with van der Waals surface area (Å²) in [7, 11) is 4.96. The van der Waals surface area contributed by atoms with Crippen LogP contribution in [0.5, 0.6) is 17.2 Å². The Bertz CT molecular complexity index is 1370. The molecule has 2 aliphatic heterocycles. The SMILES string of the molecule is COc1ccc(-c2cnc3c(N4CC5(COC5)C4)nc(-c4ccccc4OC)cn23)cc1OC. The highest BCUT2D eigenvalue weighted by molar-refractivity contribution is 5.78. The molecule has 2 aromatic heterocycles. The highest BCUT2D eigenvalue weighted by atomic mass is 16.5. The number of fused-ring (bicyclic) bond motifs is 1. The van der Waals surface area contributed by atoms with E-state index in [1.807, 2.05) is 54.9 Å². The summed E-state index contributed by atoms with van der Waals surface area (Å²) in [4.78, 5) is 12.2. The van der Waals surface area contributed by atoms with E-state index < -0.39 is 0 Å². The van der Waals surface area contributed by atoms with E-state index in [-0.39, 0.29) is 5.41 Å². The number of rotatable bonds is 6. The Morgan fingerprint density at radius 3 is 2.38 bits per heavy atom. The predicted octanol–water partition coefficient (Wildman–Crippen LogP) is 3.93. The minimum absolute atomic E-state index is 0.262. The topological polar surface area (TPSA) is 70.4 Å². The molecule has 0 aliphatic carbocycles. The fourth-order valence-corrected chi connectivity index (χ4v) is 4.87. The Balaban J connectivity index is 1.52. The molecule has 2 fully saturated rings. The van der Waals surface area contributed by atoms with Crippen molar-refractivity contribution in [3.8, 4) is 39.8 Å². The Labute approximate surface area is 197 Å². The second-order valence-corrected chi connectivity index (χ2v) is 8.91. The van der Waals surface area contributed by atoms with Crippen molar-refractivity contribution in [3.05, 3.63) is 54.9 Å². The summed E-state index contributed by atoms with van der Waals surface area (Å²) in [5.41, 5.74) is 4.75. The first kappa shape index (κ1) is 20.8. The molecular weight excluding hydrogens is 432 g/mol. The maximum Gasteiger partial charge on any atom is 0.180 e. The third kappa shape index (κ3) is 3.17. The van der Waals surface area contributed by atoms with Crippen LogP contribution in [0.4, 0.5) is 5.82 Å². The van der Waals surface area contributed by atoms with Gasteiger partial charge in [0.15, 0.2) is 23.0 Å². The molecule has 2 aliphatic rings. The maximum atomic E-state index is 5.64. The fourth-order valence-electron chi connectivity index (χ4n) is 4.87. The minimum Gasteiger partial charge on any atom is -0.496 e. The van der Waals surface area contributed by atoms with Crippen LogP contribution >= 0.6 is 0 Å². The third-order valence-electron chi connectivity index (χ3n) is 6.71. The van der Waals surface area contributed by atoms with Gasteiger partial charge in [-0.1, -0.05) is 12.1 Å². The first-order valence-electron chi connectivity index (χ1n) is 11.2. The van der Waals surface area contributed by atoms with Crippen molar-refractivity contribution in [1.29, 1.82) is 0 Å². The molecule has 0 saturated carbocycles. The van der Waals surface area contributed by atoms with Crippen molar-refractivity contribution in [1.82, 2.24) is 14.4 Å². The first-order valence-corrected chi connectivity index (χ1v) is 11.2. The molecule has 0 radical (unpaired) electrons. The number of methoxy groups -OCH3 is 3. The molecule has 34 heavy (non-hydrogen) atoms. The molecule has 174 valence electrons. The zero-order valence-corrected chi connectivity index (χ0v) is 19.4. The summed E-state index contributed by atoms with van der Waals surface area (Å²) >= 11 is 0. The van der Waals surface area contributed by atoms with Crippen molar-refractivity contribution < 1.29 is 18.9 Å². The van der Waals surface area contributed by atoms with Gasteiger partial charge in [0.1, 0.15) is 5.75 Å². The van der Waals surface area contributed by atoms with Crippen molar-refractivity contribution >= 4 is 11.5 Å². The molecule has 2 aromatic carbocycles. The smallest absolute Gasteiger partial charge is 0.180 e. The maximum absolute atomic E-state index is 5.64. The van der Waals surface area contributed by atoms with Crippen LogP contribution in [-0.2, 0) is 4.74 Å². The van der Waals surface area contributed by atoms with Gasteiger partial charge in [-0.15, -0.1) is 0 Å². The van der Waals surface area contributed by atoms with Crippen LogP contribution in [-0.4, -0.2) is 62.0 Å². The van der Waals surface area contributed by atoms with Gasteiger partial charge in [0.25, 0.3) is 0 Å². The quantitative estimate of drug-likeness (QED) is 0.434. The summed E-state index contributed by atoms with van der Waals surface area (Å²) in [5.74, 6) is 3.00. The monoisotopic (exact) mass is 458 g/mol. The lowest BCUT2D eigenvalue weighted by Crippen LogP contribution is -2.66. The Morgan fingerprint density at radius 2 is 1.68 bits per heavy atom. The van der Waals surface area contributed by atoms with Crippen LogP contribution in [0.2, 0.25) is 0 Å². The molecular formula is C26H26N4O4. The summed E-state index contributed by atoms with van der Waals surface area (Å²) in [6, 6.07) is 13.8. The van der Waals surface area contributed by atoms with E-state index in [9.17, 15) is 0 Å². The van der Waals surface area contributed by atoms with Gasteiger partial charge >= 0.3 is 0 Å². The van der Waals surface area contributed by atoms with Gasteiger partial charge in [-0.3, -0.25) is 4.40 Å². The molecule has 1 spiro atoms. The largest absolute Gasteiger partial charge is 0.496 e. The highest BCUT2D eigenvalue weighted by Crippen LogP contribution is 2.42. The molecule has 4 aromatic rings. The number of imidazole rings is 1. The van der Waals surface area contributed by atoms with Crippen LogP contribution in [0.15, 0.2) is 54.9 Å². The lowest BCUT2D eigenvalue weighted by atomic mass is 9.78. The summed E-state index contributed by atoms with van der Waals surface area (Å²) in [6.07, 6.45) is 3.91. The Kier molecular flexibility index (Phi) is 4.84. The zero-order chi connectivity index (χ0) is 23.3. The number of anilines is 1. The number of benzene rings is 2. The van der Waals surface area contributed by atoms with E-state index in [0.29, 0.717) is 11.5 Å². The van der Waals surface area contributed by atoms with E-state index in [2.05, 4.69) is 9.30 Å².